The van der Waals surface area contributed by atoms with Crippen molar-refractivity contribution in [2.24, 2.45) is 0 Å². The van der Waals surface area contributed by atoms with Crippen LogP contribution in [0.15, 0.2) is 24.3 Å². The number of nitrogens with zero attached hydrogens (tertiary/aromatic N) is 1. The lowest BCUT2D eigenvalue weighted by molar-refractivity contribution is 0.0665. The molecule has 2 atom stereocenters. The average molecular weight is 308 g/mol. The van der Waals surface area contributed by atoms with Crippen LogP contribution < -0.4 is 14.8 Å². The average Bonchev–Trinajstić information content (AvgIpc) is 2.52. The van der Waals surface area contributed by atoms with Gasteiger partial charge in [0.2, 0.25) is 0 Å². The molecule has 0 aliphatic carbocycles. The minimum atomic E-state index is -0.168. The van der Waals surface area contributed by atoms with E-state index in [-0.39, 0.29) is 18.2 Å². The lowest BCUT2D eigenvalue weighted by atomic mass is 10.2. The molecule has 122 valence electrons. The van der Waals surface area contributed by atoms with E-state index in [1.807, 2.05) is 38.1 Å². The Balaban J connectivity index is 1.89. The van der Waals surface area contributed by atoms with Crippen LogP contribution in [0.5, 0.6) is 11.5 Å². The van der Waals surface area contributed by atoms with Crippen molar-refractivity contribution in [2.75, 3.05) is 33.4 Å². The third-order valence-corrected chi connectivity index (χ3v) is 3.45. The quantitative estimate of drug-likeness (QED) is 0.872. The summed E-state index contributed by atoms with van der Waals surface area (Å²) in [5.41, 5.74) is 0. The number of nitrogens with one attached hydrogen (secondary N) is 1. The minimum absolute atomic E-state index is 0.0317. The number of fused-ring (bicyclic) bond motifs is 1. The number of hydrogen-bond acceptors (Lipinski definition) is 4. The van der Waals surface area contributed by atoms with Gasteiger partial charge in [-0.15, -0.1) is 0 Å². The number of hydrogen-bond donors (Lipinski definition) is 1. The second-order valence-electron chi connectivity index (χ2n) is 5.34. The molecular formula is C16H24N2O4. The number of methoxy groups -OCH3 is 1. The molecule has 0 aromatic heterocycles. The van der Waals surface area contributed by atoms with Gasteiger partial charge >= 0.3 is 6.03 Å². The Kier molecular flexibility index (Phi) is 5.89. The molecule has 1 aromatic carbocycles. The highest BCUT2D eigenvalue weighted by molar-refractivity contribution is 5.74. The number of benzene rings is 1. The normalized spacial score (nSPS) is 17.7. The van der Waals surface area contributed by atoms with Crippen LogP contribution in [0.4, 0.5) is 4.79 Å². The Bertz CT molecular complexity index is 495. The van der Waals surface area contributed by atoms with Gasteiger partial charge in [-0.2, -0.15) is 0 Å². The second kappa shape index (κ2) is 7.89. The van der Waals surface area contributed by atoms with Gasteiger partial charge in [0, 0.05) is 13.7 Å². The van der Waals surface area contributed by atoms with Crippen molar-refractivity contribution in [1.82, 2.24) is 10.2 Å². The maximum atomic E-state index is 12.2. The summed E-state index contributed by atoms with van der Waals surface area (Å²) in [6.07, 6.45) is -0.168. The van der Waals surface area contributed by atoms with E-state index < -0.39 is 0 Å². The first-order chi connectivity index (χ1) is 10.6. The largest absolute Gasteiger partial charge is 0.486 e. The summed E-state index contributed by atoms with van der Waals surface area (Å²) in [7, 11) is 1.62. The van der Waals surface area contributed by atoms with E-state index in [1.54, 1.807) is 12.0 Å². The monoisotopic (exact) mass is 308 g/mol. The molecule has 2 unspecified atom stereocenters. The Morgan fingerprint density at radius 2 is 2.18 bits per heavy atom. The van der Waals surface area contributed by atoms with Crippen LogP contribution in [0.1, 0.15) is 13.8 Å². The van der Waals surface area contributed by atoms with Crippen LogP contribution in [-0.4, -0.2) is 56.5 Å². The van der Waals surface area contributed by atoms with Crippen molar-refractivity contribution >= 4 is 6.03 Å². The van der Waals surface area contributed by atoms with Crippen LogP contribution >= 0.6 is 0 Å². The maximum absolute atomic E-state index is 12.2. The summed E-state index contributed by atoms with van der Waals surface area (Å²) in [6.45, 7) is 5.86. The fraction of sp³-hybridized carbons (Fsp3) is 0.562. The van der Waals surface area contributed by atoms with E-state index in [1.165, 1.54) is 0 Å². The van der Waals surface area contributed by atoms with Gasteiger partial charge in [-0.05, 0) is 26.0 Å². The van der Waals surface area contributed by atoms with Crippen molar-refractivity contribution in [3.05, 3.63) is 24.3 Å². The third kappa shape index (κ3) is 4.27. The molecule has 0 saturated heterocycles. The molecule has 1 N–H and O–H groups in total. The van der Waals surface area contributed by atoms with Crippen molar-refractivity contribution in [2.45, 2.75) is 26.0 Å². The number of para-hydroxylation sites is 2. The summed E-state index contributed by atoms with van der Waals surface area (Å²) in [4.78, 5) is 14.0. The molecule has 2 amide bonds. The zero-order chi connectivity index (χ0) is 15.9. The molecule has 6 nitrogen and oxygen atoms in total. The number of likely N-dealkylation sites (N-methyl/N-ethyl adjacent to an activating group) is 1. The molecule has 0 bridgehead atoms. The molecular weight excluding hydrogens is 284 g/mol. The molecule has 1 aliphatic rings. The summed E-state index contributed by atoms with van der Waals surface area (Å²) < 4.78 is 16.6. The zero-order valence-corrected chi connectivity index (χ0v) is 13.4. The Morgan fingerprint density at radius 1 is 1.45 bits per heavy atom. The van der Waals surface area contributed by atoms with Crippen LogP contribution in [-0.2, 0) is 4.74 Å². The fourth-order valence-electron chi connectivity index (χ4n) is 2.35. The van der Waals surface area contributed by atoms with Crippen LogP contribution in [0.2, 0.25) is 0 Å². The van der Waals surface area contributed by atoms with E-state index >= 15 is 0 Å². The van der Waals surface area contributed by atoms with Gasteiger partial charge < -0.3 is 24.4 Å². The van der Waals surface area contributed by atoms with Gasteiger partial charge in [0.05, 0.1) is 19.2 Å². The highest BCUT2D eigenvalue weighted by Gasteiger charge is 2.25. The zero-order valence-electron chi connectivity index (χ0n) is 13.4. The lowest BCUT2D eigenvalue weighted by Gasteiger charge is -2.31. The number of rotatable bonds is 6. The number of carbonyl (C=O) groups is 1. The van der Waals surface area contributed by atoms with E-state index in [9.17, 15) is 4.79 Å². The molecule has 1 aromatic rings. The summed E-state index contributed by atoms with van der Waals surface area (Å²) in [6, 6.07) is 7.42. The molecule has 0 spiro atoms. The topological polar surface area (TPSA) is 60.0 Å². The lowest BCUT2D eigenvalue weighted by Crippen LogP contribution is -2.50. The molecule has 1 heterocycles. The number of urea groups is 1. The molecule has 22 heavy (non-hydrogen) atoms. The maximum Gasteiger partial charge on any atom is 0.317 e. The summed E-state index contributed by atoms with van der Waals surface area (Å²) >= 11 is 0. The van der Waals surface area contributed by atoms with E-state index in [0.29, 0.717) is 26.3 Å². The molecule has 6 heteroatoms. The van der Waals surface area contributed by atoms with Gasteiger partial charge in [0.25, 0.3) is 0 Å². The van der Waals surface area contributed by atoms with Crippen molar-refractivity contribution in [3.8, 4) is 11.5 Å². The number of ether oxygens (including phenoxy) is 3. The molecule has 0 saturated carbocycles. The Labute approximate surface area is 131 Å². The first-order valence-electron chi connectivity index (χ1n) is 7.56. The Hall–Kier alpha value is -1.95. The van der Waals surface area contributed by atoms with Gasteiger partial charge in [-0.3, -0.25) is 0 Å². The highest BCUT2D eigenvalue weighted by Crippen LogP contribution is 2.30. The predicted octanol–water partition coefficient (Wildman–Crippen LogP) is 1.89. The standard InChI is InChI=1S/C16H24N2O4/c1-4-18(16(19)17-12(2)10-20-3)9-13-11-21-14-7-5-6-8-15(14)22-13/h5-8,12-13H,4,9-11H2,1-3H3,(H,17,19). The first kappa shape index (κ1) is 16.4. The van der Waals surface area contributed by atoms with Gasteiger partial charge in [0.15, 0.2) is 17.6 Å². The van der Waals surface area contributed by atoms with Gasteiger partial charge in [-0.1, -0.05) is 12.1 Å². The van der Waals surface area contributed by atoms with Crippen molar-refractivity contribution in [3.63, 3.8) is 0 Å². The van der Waals surface area contributed by atoms with E-state index in [4.69, 9.17) is 14.2 Å². The van der Waals surface area contributed by atoms with Gasteiger partial charge in [-0.25, -0.2) is 4.79 Å². The highest BCUT2D eigenvalue weighted by atomic mass is 16.6. The molecule has 2 rings (SSSR count). The van der Waals surface area contributed by atoms with Crippen LogP contribution in [0.25, 0.3) is 0 Å². The fourth-order valence-corrected chi connectivity index (χ4v) is 2.35. The molecule has 0 fully saturated rings. The second-order valence-corrected chi connectivity index (χ2v) is 5.34. The molecule has 0 radical (unpaired) electrons. The molecule has 1 aliphatic heterocycles. The number of carbonyl (C=O) groups excluding carboxylic acids is 1. The van der Waals surface area contributed by atoms with Crippen molar-refractivity contribution < 1.29 is 19.0 Å². The van der Waals surface area contributed by atoms with Crippen LogP contribution in [0.3, 0.4) is 0 Å². The number of amides is 2. The van der Waals surface area contributed by atoms with Gasteiger partial charge in [0.1, 0.15) is 6.61 Å². The predicted molar refractivity (Wildman–Crippen MR) is 83.5 cm³/mol. The van der Waals surface area contributed by atoms with Crippen LogP contribution in [0, 0.1) is 0 Å². The van der Waals surface area contributed by atoms with E-state index in [2.05, 4.69) is 5.32 Å². The van der Waals surface area contributed by atoms with E-state index in [0.717, 1.165) is 11.5 Å². The third-order valence-electron chi connectivity index (χ3n) is 3.45. The minimum Gasteiger partial charge on any atom is -0.486 e. The smallest absolute Gasteiger partial charge is 0.317 e. The SMILES string of the molecule is CCN(CC1COc2ccccc2O1)C(=O)NC(C)COC. The summed E-state index contributed by atoms with van der Waals surface area (Å²) in [5.74, 6) is 1.47. The first-order valence-corrected chi connectivity index (χ1v) is 7.56. The summed E-state index contributed by atoms with van der Waals surface area (Å²) in [5, 5.41) is 2.91. The Morgan fingerprint density at radius 3 is 2.86 bits per heavy atom. The van der Waals surface area contributed by atoms with Crippen molar-refractivity contribution in [1.29, 1.82) is 0 Å².